The van der Waals surface area contributed by atoms with Gasteiger partial charge < -0.3 is 5.32 Å². The van der Waals surface area contributed by atoms with Crippen molar-refractivity contribution in [1.82, 2.24) is 5.32 Å². The Morgan fingerprint density at radius 2 is 1.27 bits per heavy atom. The Morgan fingerprint density at radius 1 is 0.667 bits per heavy atom. The summed E-state index contributed by atoms with van der Waals surface area (Å²) in [6, 6.07) is 1.95. The van der Waals surface area contributed by atoms with E-state index in [1.54, 1.807) is 12.8 Å². The molecule has 0 spiro atoms. The van der Waals surface area contributed by atoms with Gasteiger partial charge in [0.25, 0.3) is 0 Å². The Bertz CT molecular complexity index is 332. The Morgan fingerprint density at radius 3 is 1.80 bits per heavy atom. The van der Waals surface area contributed by atoms with E-state index < -0.39 is 0 Å². The van der Waals surface area contributed by atoms with E-state index in [1.807, 2.05) is 0 Å². The second kappa shape index (κ2) is 1.92. The van der Waals surface area contributed by atoms with Gasteiger partial charge in [-0.3, -0.25) is 0 Å². The van der Waals surface area contributed by atoms with Crippen molar-refractivity contribution in [2.75, 3.05) is 0 Å². The quantitative estimate of drug-likeness (QED) is 0.719. The highest BCUT2D eigenvalue weighted by molar-refractivity contribution is 5.29. The molecular formula is C14H19N. The normalized spacial score (nSPS) is 75.6. The second-order valence-corrected chi connectivity index (χ2v) is 7.40. The zero-order valence-electron chi connectivity index (χ0n) is 9.10. The molecule has 0 radical (unpaired) electrons. The first-order valence-electron chi connectivity index (χ1n) is 7.19. The second-order valence-electron chi connectivity index (χ2n) is 7.40. The molecule has 9 atom stereocenters. The summed E-state index contributed by atoms with van der Waals surface area (Å²) in [6.07, 6.45) is 6.27. The molecule has 7 saturated carbocycles. The molecule has 7 rings (SSSR count). The Hall–Kier alpha value is -0.0400. The fourth-order valence-corrected chi connectivity index (χ4v) is 7.37. The van der Waals surface area contributed by atoms with Crippen LogP contribution in [0.25, 0.3) is 0 Å². The molecule has 0 aliphatic heterocycles. The van der Waals surface area contributed by atoms with Crippen LogP contribution in [-0.4, -0.2) is 12.1 Å². The van der Waals surface area contributed by atoms with E-state index in [9.17, 15) is 0 Å². The van der Waals surface area contributed by atoms with Gasteiger partial charge in [0.2, 0.25) is 0 Å². The summed E-state index contributed by atoms with van der Waals surface area (Å²) < 4.78 is 0. The number of hydrogen-bond acceptors (Lipinski definition) is 1. The zero-order valence-corrected chi connectivity index (χ0v) is 9.10. The Balaban J connectivity index is 1.50. The minimum Gasteiger partial charge on any atom is -0.311 e. The van der Waals surface area contributed by atoms with Gasteiger partial charge in [-0.1, -0.05) is 0 Å². The molecule has 0 aromatic carbocycles. The lowest BCUT2D eigenvalue weighted by molar-refractivity contribution is 0.132. The molecular weight excluding hydrogens is 182 g/mol. The highest BCUT2D eigenvalue weighted by atomic mass is 15.1. The fourth-order valence-electron chi connectivity index (χ4n) is 7.37. The van der Waals surface area contributed by atoms with Crippen molar-refractivity contribution in [2.45, 2.75) is 37.8 Å². The smallest absolute Gasteiger partial charge is 0.0137 e. The molecule has 7 aliphatic rings. The highest BCUT2D eigenvalue weighted by Gasteiger charge is 2.80. The average Bonchev–Trinajstić information content (AvgIpc) is 2.56. The van der Waals surface area contributed by atoms with E-state index in [0.29, 0.717) is 0 Å². The monoisotopic (exact) mass is 201 g/mol. The molecule has 0 amide bonds. The van der Waals surface area contributed by atoms with Gasteiger partial charge in [0.1, 0.15) is 0 Å². The van der Waals surface area contributed by atoms with Crippen LogP contribution in [0.15, 0.2) is 0 Å². The lowest BCUT2D eigenvalue weighted by atomic mass is 9.71. The van der Waals surface area contributed by atoms with Gasteiger partial charge in [0.05, 0.1) is 0 Å². The van der Waals surface area contributed by atoms with Crippen molar-refractivity contribution in [3.05, 3.63) is 0 Å². The summed E-state index contributed by atoms with van der Waals surface area (Å²) in [7, 11) is 0. The van der Waals surface area contributed by atoms with Crippen LogP contribution in [0.1, 0.15) is 25.7 Å². The summed E-state index contributed by atoms with van der Waals surface area (Å²) >= 11 is 0. The molecule has 15 heavy (non-hydrogen) atoms. The molecule has 7 aliphatic carbocycles. The van der Waals surface area contributed by atoms with Gasteiger partial charge in [0.15, 0.2) is 0 Å². The van der Waals surface area contributed by atoms with Gasteiger partial charge in [0, 0.05) is 12.1 Å². The Kier molecular flexibility index (Phi) is 0.936. The first kappa shape index (κ1) is 7.32. The molecule has 0 aromatic heterocycles. The third-order valence-electron chi connectivity index (χ3n) is 7.33. The van der Waals surface area contributed by atoms with Crippen molar-refractivity contribution in [1.29, 1.82) is 0 Å². The summed E-state index contributed by atoms with van der Waals surface area (Å²) in [6.45, 7) is 0. The molecule has 0 aromatic rings. The molecule has 80 valence electrons. The van der Waals surface area contributed by atoms with E-state index in [-0.39, 0.29) is 0 Å². The predicted molar refractivity (Wildman–Crippen MR) is 57.1 cm³/mol. The maximum Gasteiger partial charge on any atom is 0.0137 e. The summed E-state index contributed by atoms with van der Waals surface area (Å²) in [4.78, 5) is 0. The number of nitrogens with one attached hydrogen (secondary N) is 1. The first-order chi connectivity index (χ1) is 7.43. The van der Waals surface area contributed by atoms with Gasteiger partial charge in [-0.05, 0) is 73.0 Å². The van der Waals surface area contributed by atoms with Gasteiger partial charge >= 0.3 is 0 Å². The van der Waals surface area contributed by atoms with Crippen LogP contribution in [0.3, 0.4) is 0 Å². The van der Waals surface area contributed by atoms with Crippen molar-refractivity contribution < 1.29 is 0 Å². The minimum absolute atomic E-state index is 0.949. The molecule has 1 nitrogen and oxygen atoms in total. The summed E-state index contributed by atoms with van der Waals surface area (Å²) in [5.74, 6) is 9.59. The zero-order chi connectivity index (χ0) is 9.31. The molecule has 0 heterocycles. The van der Waals surface area contributed by atoms with Crippen LogP contribution in [0.2, 0.25) is 0 Å². The van der Waals surface area contributed by atoms with Crippen molar-refractivity contribution in [3.8, 4) is 0 Å². The van der Waals surface area contributed by atoms with Gasteiger partial charge in [-0.15, -0.1) is 0 Å². The first-order valence-corrected chi connectivity index (χ1v) is 7.19. The van der Waals surface area contributed by atoms with Crippen molar-refractivity contribution in [2.24, 2.45) is 47.3 Å². The van der Waals surface area contributed by atoms with E-state index in [0.717, 1.165) is 23.9 Å². The maximum absolute atomic E-state index is 4.03. The molecule has 7 fully saturated rings. The van der Waals surface area contributed by atoms with E-state index >= 15 is 0 Å². The molecule has 1 unspecified atom stereocenters. The topological polar surface area (TPSA) is 12.0 Å². The number of hydrogen-bond donors (Lipinski definition) is 1. The number of rotatable bonds is 2. The molecule has 1 heteroatoms. The minimum atomic E-state index is 0.949. The predicted octanol–water partition coefficient (Wildman–Crippen LogP) is 1.88. The molecule has 0 saturated heterocycles. The maximum atomic E-state index is 4.03. The summed E-state index contributed by atoms with van der Waals surface area (Å²) in [5, 5.41) is 4.03. The lowest BCUT2D eigenvalue weighted by Gasteiger charge is -2.33. The summed E-state index contributed by atoms with van der Waals surface area (Å²) in [5.41, 5.74) is 0. The van der Waals surface area contributed by atoms with Gasteiger partial charge in [-0.2, -0.15) is 0 Å². The van der Waals surface area contributed by atoms with Crippen molar-refractivity contribution >= 4 is 0 Å². The van der Waals surface area contributed by atoms with Crippen LogP contribution in [0, 0.1) is 47.3 Å². The third kappa shape index (κ3) is 0.574. The third-order valence-corrected chi connectivity index (χ3v) is 7.33. The fraction of sp³-hybridized carbons (Fsp3) is 1.00. The molecule has 1 N–H and O–H groups in total. The molecule has 6 bridgehead atoms. The van der Waals surface area contributed by atoms with Crippen LogP contribution >= 0.6 is 0 Å². The van der Waals surface area contributed by atoms with Crippen LogP contribution in [0.5, 0.6) is 0 Å². The van der Waals surface area contributed by atoms with Crippen molar-refractivity contribution in [3.63, 3.8) is 0 Å². The van der Waals surface area contributed by atoms with E-state index in [1.165, 1.54) is 48.3 Å². The van der Waals surface area contributed by atoms with Crippen LogP contribution in [0.4, 0.5) is 0 Å². The van der Waals surface area contributed by atoms with E-state index in [2.05, 4.69) is 5.32 Å². The largest absolute Gasteiger partial charge is 0.311 e. The lowest BCUT2D eigenvalue weighted by Crippen LogP contribution is -2.36. The van der Waals surface area contributed by atoms with Gasteiger partial charge in [-0.25, -0.2) is 0 Å². The van der Waals surface area contributed by atoms with Crippen LogP contribution in [-0.2, 0) is 0 Å². The highest BCUT2D eigenvalue weighted by Crippen LogP contribution is 2.82. The average molecular weight is 201 g/mol. The standard InChI is InChI=1S/C14H19N/c1-2-5(1)15-14-12-8-3-6-7-4-9(10(6)12)13(14)11(7)8/h5-15H,1-4H2/t6-,7+,8-,9+,10-,11-,12-,13-,14?/m1/s1. The Labute approximate surface area is 91.0 Å². The van der Waals surface area contributed by atoms with E-state index in [4.69, 9.17) is 0 Å². The SMILES string of the molecule is C1CC1NC1[C@@H]2[C@@H]3C[C@@H]4[C@@H]5C[C@H]([C@@H]1[C@H]53)[C@@H]42. The van der Waals surface area contributed by atoms with Crippen LogP contribution < -0.4 is 5.32 Å².